The third kappa shape index (κ3) is 2.80. The first kappa shape index (κ1) is 15.8. The molecule has 0 heteroatoms. The summed E-state index contributed by atoms with van der Waals surface area (Å²) < 4.78 is 0. The minimum Gasteiger partial charge on any atom is -0.0622 e. The highest BCUT2D eigenvalue weighted by Crippen LogP contribution is 2.37. The average Bonchev–Trinajstić information content (AvgIpc) is 2.75. The lowest BCUT2D eigenvalue weighted by molar-refractivity contribution is 0.989. The molecule has 5 aromatic carbocycles. The van der Waals surface area contributed by atoms with E-state index in [9.17, 15) is 0 Å². The van der Waals surface area contributed by atoms with E-state index in [4.69, 9.17) is 0 Å². The number of hydrogen-bond donors (Lipinski definition) is 0. The molecule has 5 aromatic rings. The van der Waals surface area contributed by atoms with Crippen LogP contribution in [0.3, 0.4) is 0 Å². The van der Waals surface area contributed by atoms with E-state index < -0.39 is 0 Å². The Hall–Kier alpha value is -3.38. The maximum absolute atomic E-state index is 2.28. The van der Waals surface area contributed by atoms with Gasteiger partial charge in [-0.3, -0.25) is 0 Å². The van der Waals surface area contributed by atoms with Gasteiger partial charge >= 0.3 is 0 Å². The van der Waals surface area contributed by atoms with Crippen LogP contribution in [0.2, 0.25) is 0 Å². The summed E-state index contributed by atoms with van der Waals surface area (Å²) in [6, 6.07) is 41.5. The molecule has 0 N–H and O–H groups in total. The number of rotatable bonds is 3. The maximum atomic E-state index is 2.28. The van der Waals surface area contributed by atoms with Gasteiger partial charge in [-0.25, -0.2) is 0 Å². The van der Waals surface area contributed by atoms with Gasteiger partial charge in [-0.05, 0) is 38.2 Å². The van der Waals surface area contributed by atoms with Crippen molar-refractivity contribution in [2.75, 3.05) is 0 Å². The van der Waals surface area contributed by atoms with Crippen LogP contribution in [0.5, 0.6) is 0 Å². The zero-order valence-corrected chi connectivity index (χ0v) is 15.0. The summed E-state index contributed by atoms with van der Waals surface area (Å²) in [4.78, 5) is 0. The minimum atomic E-state index is 0.220. The van der Waals surface area contributed by atoms with Crippen molar-refractivity contribution < 1.29 is 0 Å². The number of fused-ring (bicyclic) bond motifs is 3. The molecule has 0 saturated carbocycles. The third-order valence-electron chi connectivity index (χ3n) is 5.40. The molecule has 27 heavy (non-hydrogen) atoms. The van der Waals surface area contributed by atoms with E-state index in [1.807, 2.05) is 0 Å². The molecule has 0 radical (unpaired) electrons. The van der Waals surface area contributed by atoms with E-state index in [1.165, 1.54) is 38.2 Å². The molecule has 0 aliphatic heterocycles. The maximum Gasteiger partial charge on any atom is 0.0346 e. The fourth-order valence-corrected chi connectivity index (χ4v) is 4.16. The Morgan fingerprint density at radius 1 is 0.370 bits per heavy atom. The second kappa shape index (κ2) is 6.74. The second-order valence-electron chi connectivity index (χ2n) is 6.98. The van der Waals surface area contributed by atoms with Gasteiger partial charge in [0.15, 0.2) is 0 Å². The first-order valence-corrected chi connectivity index (χ1v) is 9.42. The monoisotopic (exact) mass is 344 g/mol. The SMILES string of the molecule is c1ccc(C(c2ccccc2)c2cccc3c2ccc2ccccc23)cc1. The van der Waals surface area contributed by atoms with Crippen molar-refractivity contribution in [2.45, 2.75) is 5.92 Å². The van der Waals surface area contributed by atoms with Crippen LogP contribution >= 0.6 is 0 Å². The van der Waals surface area contributed by atoms with Crippen LogP contribution in [-0.4, -0.2) is 0 Å². The van der Waals surface area contributed by atoms with Gasteiger partial charge < -0.3 is 0 Å². The van der Waals surface area contributed by atoms with Crippen molar-refractivity contribution in [1.29, 1.82) is 0 Å². The first-order chi connectivity index (χ1) is 13.4. The van der Waals surface area contributed by atoms with E-state index in [-0.39, 0.29) is 5.92 Å². The normalized spacial score (nSPS) is 11.3. The Kier molecular flexibility index (Phi) is 3.95. The molecular formula is C27H20. The van der Waals surface area contributed by atoms with Gasteiger partial charge in [-0.15, -0.1) is 0 Å². The van der Waals surface area contributed by atoms with Crippen LogP contribution in [0.25, 0.3) is 21.5 Å². The Labute approximate surface area is 159 Å². The van der Waals surface area contributed by atoms with Gasteiger partial charge in [0, 0.05) is 5.92 Å². The average molecular weight is 344 g/mol. The lowest BCUT2D eigenvalue weighted by Crippen LogP contribution is -2.04. The van der Waals surface area contributed by atoms with Gasteiger partial charge in [0.05, 0.1) is 0 Å². The molecule has 128 valence electrons. The Bertz CT molecular complexity index is 1160. The van der Waals surface area contributed by atoms with Gasteiger partial charge in [0.25, 0.3) is 0 Å². The number of benzene rings is 5. The molecule has 5 rings (SSSR count). The van der Waals surface area contributed by atoms with Crippen molar-refractivity contribution in [3.63, 3.8) is 0 Å². The van der Waals surface area contributed by atoms with Gasteiger partial charge in [-0.2, -0.15) is 0 Å². The first-order valence-electron chi connectivity index (χ1n) is 9.42. The Morgan fingerprint density at radius 2 is 0.963 bits per heavy atom. The summed E-state index contributed by atoms with van der Waals surface area (Å²) in [5.41, 5.74) is 4.00. The fourth-order valence-electron chi connectivity index (χ4n) is 4.16. The zero-order chi connectivity index (χ0) is 18.1. The van der Waals surface area contributed by atoms with Crippen LogP contribution in [0, 0.1) is 0 Å². The smallest absolute Gasteiger partial charge is 0.0346 e. The largest absolute Gasteiger partial charge is 0.0622 e. The molecule has 0 aliphatic rings. The van der Waals surface area contributed by atoms with E-state index in [0.717, 1.165) is 0 Å². The van der Waals surface area contributed by atoms with Crippen molar-refractivity contribution in [3.05, 3.63) is 132 Å². The van der Waals surface area contributed by atoms with Crippen LogP contribution in [0.1, 0.15) is 22.6 Å². The molecule has 0 aromatic heterocycles. The van der Waals surface area contributed by atoms with Crippen LogP contribution < -0.4 is 0 Å². The Balaban J connectivity index is 1.82. The standard InChI is InChI=1S/C27H20/c1-3-11-21(12-4-1)27(22-13-5-2-6-14-22)26-17-9-16-24-23-15-8-7-10-20(23)18-19-25(24)26/h1-19,27H. The van der Waals surface area contributed by atoms with Crippen molar-refractivity contribution in [2.24, 2.45) is 0 Å². The van der Waals surface area contributed by atoms with Crippen molar-refractivity contribution in [1.82, 2.24) is 0 Å². The third-order valence-corrected chi connectivity index (χ3v) is 5.40. The van der Waals surface area contributed by atoms with E-state index in [1.54, 1.807) is 0 Å². The predicted molar refractivity (Wildman–Crippen MR) is 115 cm³/mol. The molecular weight excluding hydrogens is 324 g/mol. The Morgan fingerprint density at radius 3 is 1.67 bits per heavy atom. The molecule has 0 atom stereocenters. The number of hydrogen-bond acceptors (Lipinski definition) is 0. The van der Waals surface area contributed by atoms with Crippen molar-refractivity contribution in [3.8, 4) is 0 Å². The van der Waals surface area contributed by atoms with E-state index in [0.29, 0.717) is 0 Å². The zero-order valence-electron chi connectivity index (χ0n) is 15.0. The molecule has 0 saturated heterocycles. The summed E-state index contributed by atoms with van der Waals surface area (Å²) in [5, 5.41) is 5.26. The van der Waals surface area contributed by atoms with E-state index in [2.05, 4.69) is 115 Å². The van der Waals surface area contributed by atoms with Gasteiger partial charge in [0.2, 0.25) is 0 Å². The molecule has 0 unspecified atom stereocenters. The van der Waals surface area contributed by atoms with Crippen molar-refractivity contribution >= 4 is 21.5 Å². The molecule has 0 heterocycles. The molecule has 0 bridgehead atoms. The summed E-state index contributed by atoms with van der Waals surface area (Å²) in [7, 11) is 0. The second-order valence-corrected chi connectivity index (χ2v) is 6.98. The van der Waals surface area contributed by atoms with Crippen LogP contribution in [0.15, 0.2) is 115 Å². The van der Waals surface area contributed by atoms with Gasteiger partial charge in [0.1, 0.15) is 0 Å². The minimum absolute atomic E-state index is 0.220. The summed E-state index contributed by atoms with van der Waals surface area (Å²) in [6.07, 6.45) is 0. The van der Waals surface area contributed by atoms with E-state index >= 15 is 0 Å². The molecule has 0 spiro atoms. The summed E-state index contributed by atoms with van der Waals surface area (Å²) in [6.45, 7) is 0. The summed E-state index contributed by atoms with van der Waals surface area (Å²) in [5.74, 6) is 0.220. The highest BCUT2D eigenvalue weighted by molar-refractivity contribution is 6.08. The predicted octanol–water partition coefficient (Wildman–Crippen LogP) is 7.17. The molecule has 0 fully saturated rings. The van der Waals surface area contributed by atoms with Crippen LogP contribution in [-0.2, 0) is 0 Å². The summed E-state index contributed by atoms with van der Waals surface area (Å²) >= 11 is 0. The highest BCUT2D eigenvalue weighted by atomic mass is 14.2. The molecule has 0 aliphatic carbocycles. The van der Waals surface area contributed by atoms with Gasteiger partial charge in [-0.1, -0.05) is 115 Å². The quantitative estimate of drug-likeness (QED) is 0.240. The highest BCUT2D eigenvalue weighted by Gasteiger charge is 2.19. The lowest BCUT2D eigenvalue weighted by Gasteiger charge is -2.21. The van der Waals surface area contributed by atoms with Crippen LogP contribution in [0.4, 0.5) is 0 Å². The molecule has 0 nitrogen and oxygen atoms in total. The molecule has 0 amide bonds. The topological polar surface area (TPSA) is 0 Å². The lowest BCUT2D eigenvalue weighted by atomic mass is 9.82. The fraction of sp³-hybridized carbons (Fsp3) is 0.0370.